The minimum absolute atomic E-state index is 0.0938. The van der Waals surface area contributed by atoms with Gasteiger partial charge in [-0.15, -0.1) is 0 Å². The van der Waals surface area contributed by atoms with Crippen LogP contribution in [0.5, 0.6) is 0 Å². The van der Waals surface area contributed by atoms with Gasteiger partial charge in [-0.1, -0.05) is 12.1 Å². The van der Waals surface area contributed by atoms with E-state index in [0.717, 1.165) is 29.1 Å². The Labute approximate surface area is 171 Å². The van der Waals surface area contributed by atoms with Gasteiger partial charge in [-0.3, -0.25) is 34.5 Å². The molecule has 4 amide bonds. The number of benzene rings is 1. The number of piperidine rings is 1. The zero-order chi connectivity index (χ0) is 20.8. The lowest BCUT2D eigenvalue weighted by Gasteiger charge is -2.27. The SMILES string of the molecule is O=C1CCC(N2C(=O)c3cccc(CNc4n[nH]c5c4CNCC5)c3C2=O)C(=O)N1. The number of nitrogens with zero attached hydrogens (tertiary/aromatic N) is 2. The number of aromatic amines is 1. The number of carbonyl (C=O) groups is 4. The molecule has 1 aromatic heterocycles. The Morgan fingerprint density at radius 3 is 2.83 bits per heavy atom. The molecule has 10 nitrogen and oxygen atoms in total. The van der Waals surface area contributed by atoms with E-state index in [0.29, 0.717) is 30.0 Å². The maximum absolute atomic E-state index is 13.1. The van der Waals surface area contributed by atoms with Gasteiger partial charge in [-0.2, -0.15) is 5.10 Å². The summed E-state index contributed by atoms with van der Waals surface area (Å²) in [5.74, 6) is -1.31. The molecule has 30 heavy (non-hydrogen) atoms. The van der Waals surface area contributed by atoms with E-state index >= 15 is 0 Å². The number of aromatic nitrogens is 2. The molecule has 10 heteroatoms. The molecule has 4 heterocycles. The van der Waals surface area contributed by atoms with E-state index in [1.54, 1.807) is 18.2 Å². The summed E-state index contributed by atoms with van der Waals surface area (Å²) in [4.78, 5) is 50.7. The van der Waals surface area contributed by atoms with E-state index in [4.69, 9.17) is 0 Å². The van der Waals surface area contributed by atoms with Crippen LogP contribution < -0.4 is 16.0 Å². The lowest BCUT2D eigenvalue weighted by Crippen LogP contribution is -2.54. The zero-order valence-electron chi connectivity index (χ0n) is 16.1. The van der Waals surface area contributed by atoms with E-state index in [9.17, 15) is 19.2 Å². The van der Waals surface area contributed by atoms with Crippen LogP contribution in [0, 0.1) is 0 Å². The summed E-state index contributed by atoms with van der Waals surface area (Å²) in [6, 6.07) is 4.12. The van der Waals surface area contributed by atoms with Gasteiger partial charge in [0.25, 0.3) is 11.8 Å². The summed E-state index contributed by atoms with van der Waals surface area (Å²) in [5, 5.41) is 16.1. The Kier molecular flexibility index (Phi) is 4.35. The Balaban J connectivity index is 1.40. The number of hydrogen-bond acceptors (Lipinski definition) is 7. The average molecular weight is 408 g/mol. The number of H-pyrrole nitrogens is 1. The number of anilines is 1. The van der Waals surface area contributed by atoms with Crippen molar-refractivity contribution < 1.29 is 19.2 Å². The molecule has 1 aromatic carbocycles. The highest BCUT2D eigenvalue weighted by Crippen LogP contribution is 2.30. The maximum Gasteiger partial charge on any atom is 0.262 e. The van der Waals surface area contributed by atoms with Crippen molar-refractivity contribution in [1.29, 1.82) is 0 Å². The smallest absolute Gasteiger partial charge is 0.262 e. The molecule has 0 aliphatic carbocycles. The lowest BCUT2D eigenvalue weighted by molar-refractivity contribution is -0.136. The maximum atomic E-state index is 13.1. The number of nitrogens with one attached hydrogen (secondary N) is 4. The summed E-state index contributed by atoms with van der Waals surface area (Å²) in [5.41, 5.74) is 3.38. The molecule has 5 rings (SSSR count). The van der Waals surface area contributed by atoms with Crippen molar-refractivity contribution >= 4 is 29.4 Å². The Morgan fingerprint density at radius 1 is 1.13 bits per heavy atom. The van der Waals surface area contributed by atoms with Crippen molar-refractivity contribution in [3.05, 3.63) is 46.1 Å². The second-order valence-corrected chi connectivity index (χ2v) is 7.60. The number of rotatable bonds is 4. The Morgan fingerprint density at radius 2 is 2.00 bits per heavy atom. The van der Waals surface area contributed by atoms with Crippen molar-refractivity contribution in [2.75, 3.05) is 11.9 Å². The second-order valence-electron chi connectivity index (χ2n) is 7.60. The molecule has 0 spiro atoms. The van der Waals surface area contributed by atoms with Gasteiger partial charge in [0.1, 0.15) is 6.04 Å². The monoisotopic (exact) mass is 408 g/mol. The number of hydrogen-bond donors (Lipinski definition) is 4. The third kappa shape index (κ3) is 2.88. The van der Waals surface area contributed by atoms with Crippen molar-refractivity contribution in [1.82, 2.24) is 25.7 Å². The first kappa shape index (κ1) is 18.5. The highest BCUT2D eigenvalue weighted by molar-refractivity contribution is 6.24. The highest BCUT2D eigenvalue weighted by Gasteiger charge is 2.45. The summed E-state index contributed by atoms with van der Waals surface area (Å²) in [7, 11) is 0. The first-order valence-electron chi connectivity index (χ1n) is 9.88. The lowest BCUT2D eigenvalue weighted by atomic mass is 10.0. The quantitative estimate of drug-likeness (QED) is 0.526. The van der Waals surface area contributed by atoms with Crippen LogP contribution in [0.1, 0.15) is 50.4 Å². The van der Waals surface area contributed by atoms with E-state index in [1.165, 1.54) is 0 Å². The Hall–Kier alpha value is -3.53. The molecule has 154 valence electrons. The van der Waals surface area contributed by atoms with Crippen LogP contribution in [0.25, 0.3) is 0 Å². The number of fused-ring (bicyclic) bond motifs is 2. The molecule has 2 aromatic rings. The summed E-state index contributed by atoms with van der Waals surface area (Å²) in [6.07, 6.45) is 1.10. The van der Waals surface area contributed by atoms with Gasteiger partial charge in [-0.25, -0.2) is 0 Å². The van der Waals surface area contributed by atoms with E-state index < -0.39 is 29.7 Å². The van der Waals surface area contributed by atoms with Crippen LogP contribution in [0.3, 0.4) is 0 Å². The molecule has 0 bridgehead atoms. The van der Waals surface area contributed by atoms with Crippen molar-refractivity contribution in [2.24, 2.45) is 0 Å². The second kappa shape index (κ2) is 7.06. The van der Waals surface area contributed by atoms with Gasteiger partial charge in [0.05, 0.1) is 11.1 Å². The molecule has 3 aliphatic rings. The molecule has 3 aliphatic heterocycles. The minimum atomic E-state index is -0.972. The van der Waals surface area contributed by atoms with Crippen LogP contribution in [0.2, 0.25) is 0 Å². The molecule has 4 N–H and O–H groups in total. The molecule has 1 unspecified atom stereocenters. The van der Waals surface area contributed by atoms with E-state index in [-0.39, 0.29) is 18.4 Å². The van der Waals surface area contributed by atoms with Crippen molar-refractivity contribution in [3.63, 3.8) is 0 Å². The summed E-state index contributed by atoms with van der Waals surface area (Å²) < 4.78 is 0. The fourth-order valence-corrected chi connectivity index (χ4v) is 4.28. The third-order valence-electron chi connectivity index (χ3n) is 5.81. The van der Waals surface area contributed by atoms with Crippen LogP contribution >= 0.6 is 0 Å². The topological polar surface area (TPSA) is 136 Å². The van der Waals surface area contributed by atoms with Gasteiger partial charge in [-0.05, 0) is 18.1 Å². The average Bonchev–Trinajstić information content (AvgIpc) is 3.26. The third-order valence-corrected chi connectivity index (χ3v) is 5.81. The van der Waals surface area contributed by atoms with Gasteiger partial charge < -0.3 is 10.6 Å². The number of amides is 4. The largest absolute Gasteiger partial charge is 0.364 e. The summed E-state index contributed by atoms with van der Waals surface area (Å²) >= 11 is 0. The Bertz CT molecular complexity index is 1090. The molecule has 1 saturated heterocycles. The molecular weight excluding hydrogens is 388 g/mol. The molecule has 0 radical (unpaired) electrons. The summed E-state index contributed by atoms with van der Waals surface area (Å²) in [6.45, 7) is 1.91. The van der Waals surface area contributed by atoms with Crippen molar-refractivity contribution in [3.8, 4) is 0 Å². The van der Waals surface area contributed by atoms with Crippen LogP contribution in [-0.4, -0.2) is 51.3 Å². The van der Waals surface area contributed by atoms with Crippen LogP contribution in [0.4, 0.5) is 5.82 Å². The first-order chi connectivity index (χ1) is 14.5. The van der Waals surface area contributed by atoms with Gasteiger partial charge >= 0.3 is 0 Å². The van der Waals surface area contributed by atoms with Crippen molar-refractivity contribution in [2.45, 2.75) is 38.4 Å². The first-order valence-corrected chi connectivity index (χ1v) is 9.88. The predicted molar refractivity (Wildman–Crippen MR) is 104 cm³/mol. The molecule has 1 atom stereocenters. The fourth-order valence-electron chi connectivity index (χ4n) is 4.28. The normalized spacial score (nSPS) is 20.8. The number of carbonyl (C=O) groups excluding carboxylic acids is 4. The molecular formula is C20H20N6O4. The number of imide groups is 2. The van der Waals surface area contributed by atoms with E-state index in [2.05, 4.69) is 26.1 Å². The van der Waals surface area contributed by atoms with Gasteiger partial charge in [0, 0.05) is 43.7 Å². The van der Waals surface area contributed by atoms with Gasteiger partial charge in [0.2, 0.25) is 11.8 Å². The standard InChI is InChI=1S/C20H20N6O4/c27-15-5-4-14(18(28)23-15)26-19(29)11-3-1-2-10(16(11)20(26)30)8-22-17-12-9-21-7-6-13(12)24-25-17/h1-3,14,21H,4-9H2,(H2,22,24,25)(H,23,27,28). The van der Waals surface area contributed by atoms with Gasteiger partial charge in [0.15, 0.2) is 5.82 Å². The predicted octanol–water partition coefficient (Wildman–Crippen LogP) is 0.0687. The molecule has 0 saturated carbocycles. The van der Waals surface area contributed by atoms with Crippen LogP contribution in [-0.2, 0) is 29.1 Å². The zero-order valence-corrected chi connectivity index (χ0v) is 16.1. The van der Waals surface area contributed by atoms with Crippen LogP contribution in [0.15, 0.2) is 18.2 Å². The molecule has 1 fully saturated rings. The van der Waals surface area contributed by atoms with E-state index in [1.807, 2.05) is 0 Å². The highest BCUT2D eigenvalue weighted by atomic mass is 16.2. The fraction of sp³-hybridized carbons (Fsp3) is 0.350. The minimum Gasteiger partial charge on any atom is -0.364 e.